The molecule has 0 radical (unpaired) electrons. The van der Waals surface area contributed by atoms with Gasteiger partial charge in [-0.25, -0.2) is 4.98 Å². The van der Waals surface area contributed by atoms with Crippen LogP contribution in [0.4, 0.5) is 5.82 Å². The Hall–Kier alpha value is -3.74. The Bertz CT molecular complexity index is 1300. The Morgan fingerprint density at radius 3 is 2.23 bits per heavy atom. The van der Waals surface area contributed by atoms with Gasteiger partial charge in [0.1, 0.15) is 22.7 Å². The summed E-state index contributed by atoms with van der Waals surface area (Å²) in [5, 5.41) is 5.21. The monoisotopic (exact) mass is 469 g/mol. The molecule has 1 aliphatic rings. The fraction of sp³-hybridized carbons (Fsp3) is 0.357. The predicted molar refractivity (Wildman–Crippen MR) is 137 cm³/mol. The van der Waals surface area contributed by atoms with Crippen molar-refractivity contribution in [2.45, 2.75) is 33.6 Å². The van der Waals surface area contributed by atoms with Gasteiger partial charge in [0.25, 0.3) is 5.71 Å². The van der Waals surface area contributed by atoms with Gasteiger partial charge >= 0.3 is 0 Å². The number of carbonyl (C=O) groups is 1. The molecule has 4 aromatic rings. The topological polar surface area (TPSA) is 75.4 Å². The van der Waals surface area contributed by atoms with E-state index < -0.39 is 0 Å². The summed E-state index contributed by atoms with van der Waals surface area (Å²) >= 11 is 0. The first-order chi connectivity index (χ1) is 16.9. The van der Waals surface area contributed by atoms with Gasteiger partial charge < -0.3 is 14.3 Å². The minimum atomic E-state index is -0.0214. The lowest BCUT2D eigenvalue weighted by Crippen LogP contribution is -2.49. The first kappa shape index (κ1) is 23.0. The minimum Gasteiger partial charge on any atom is -0.352 e. The second-order valence-corrected chi connectivity index (χ2v) is 10.3. The first-order valence-corrected chi connectivity index (χ1v) is 12.2. The van der Waals surface area contributed by atoms with Crippen molar-refractivity contribution in [2.75, 3.05) is 31.1 Å². The van der Waals surface area contributed by atoms with E-state index in [9.17, 15) is 4.79 Å². The molecule has 0 N–H and O–H groups in total. The number of anilines is 1. The Labute approximate surface area is 205 Å². The summed E-state index contributed by atoms with van der Waals surface area (Å²) in [5.41, 5.74) is 3.31. The lowest BCUT2D eigenvalue weighted by Gasteiger charge is -2.36. The van der Waals surface area contributed by atoms with Gasteiger partial charge in [-0.2, -0.15) is 4.98 Å². The van der Waals surface area contributed by atoms with Gasteiger partial charge in [-0.15, -0.1) is 0 Å². The molecule has 0 aliphatic carbocycles. The molecule has 0 saturated carbocycles. The second-order valence-electron chi connectivity index (χ2n) is 10.3. The average Bonchev–Trinajstić information content (AvgIpc) is 3.28. The minimum absolute atomic E-state index is 0.0214. The van der Waals surface area contributed by atoms with Crippen molar-refractivity contribution in [3.05, 3.63) is 72.1 Å². The van der Waals surface area contributed by atoms with E-state index >= 15 is 0 Å². The molecular weight excluding hydrogens is 438 g/mol. The largest absolute Gasteiger partial charge is 0.352 e. The van der Waals surface area contributed by atoms with E-state index in [2.05, 4.69) is 43.0 Å². The summed E-state index contributed by atoms with van der Waals surface area (Å²) < 4.78 is 5.74. The normalized spacial score (nSPS) is 14.5. The maximum Gasteiger partial charge on any atom is 0.263 e. The number of fused-ring (bicyclic) bond motifs is 1. The molecule has 35 heavy (non-hydrogen) atoms. The Kier molecular flexibility index (Phi) is 6.24. The van der Waals surface area contributed by atoms with Crippen LogP contribution in [-0.4, -0.2) is 52.1 Å². The number of rotatable bonds is 5. The number of nitrogens with zero attached hydrogens (tertiary/aromatic N) is 5. The number of benzene rings is 2. The van der Waals surface area contributed by atoms with Crippen molar-refractivity contribution in [1.29, 1.82) is 0 Å². The van der Waals surface area contributed by atoms with Crippen LogP contribution in [-0.2, 0) is 11.2 Å². The third kappa shape index (κ3) is 5.19. The van der Waals surface area contributed by atoms with Crippen LogP contribution in [0.2, 0.25) is 0 Å². The number of carbonyl (C=O) groups excluding carboxylic acids is 1. The molecule has 7 nitrogen and oxygen atoms in total. The van der Waals surface area contributed by atoms with Crippen molar-refractivity contribution in [3.63, 3.8) is 0 Å². The highest BCUT2D eigenvalue weighted by atomic mass is 16.5. The summed E-state index contributed by atoms with van der Waals surface area (Å²) in [7, 11) is 0. The van der Waals surface area contributed by atoms with Crippen LogP contribution in [0.3, 0.4) is 0 Å². The lowest BCUT2D eigenvalue weighted by atomic mass is 9.91. The maximum absolute atomic E-state index is 12.8. The van der Waals surface area contributed by atoms with Crippen LogP contribution < -0.4 is 4.90 Å². The Morgan fingerprint density at radius 2 is 1.57 bits per heavy atom. The van der Waals surface area contributed by atoms with Crippen molar-refractivity contribution in [2.24, 2.45) is 5.41 Å². The zero-order valence-electron chi connectivity index (χ0n) is 20.6. The fourth-order valence-electron chi connectivity index (χ4n) is 4.49. The van der Waals surface area contributed by atoms with E-state index in [1.54, 1.807) is 0 Å². The molecular formula is C28H31N5O2. The summed E-state index contributed by atoms with van der Waals surface area (Å²) in [6.45, 7) is 9.04. The van der Waals surface area contributed by atoms with Crippen molar-refractivity contribution in [1.82, 2.24) is 20.0 Å². The molecule has 1 saturated heterocycles. The Morgan fingerprint density at radius 1 is 0.914 bits per heavy atom. The van der Waals surface area contributed by atoms with Gasteiger partial charge in [0.15, 0.2) is 0 Å². The average molecular weight is 470 g/mol. The van der Waals surface area contributed by atoms with Gasteiger partial charge in [0.05, 0.1) is 0 Å². The summed E-state index contributed by atoms with van der Waals surface area (Å²) in [5.74, 6) is 1.73. The molecule has 5 rings (SSSR count). The molecule has 1 fully saturated rings. The molecule has 0 spiro atoms. The van der Waals surface area contributed by atoms with E-state index in [1.807, 2.05) is 53.4 Å². The molecule has 1 aliphatic heterocycles. The number of hydrogen-bond acceptors (Lipinski definition) is 6. The summed E-state index contributed by atoms with van der Waals surface area (Å²) in [6.07, 6.45) is 1.16. The highest BCUT2D eigenvalue weighted by molar-refractivity contribution is 5.98. The molecule has 7 heteroatoms. The van der Waals surface area contributed by atoms with Crippen molar-refractivity contribution < 1.29 is 9.32 Å². The van der Waals surface area contributed by atoms with Crippen LogP contribution >= 0.6 is 0 Å². The van der Waals surface area contributed by atoms with Crippen LogP contribution in [0.15, 0.2) is 65.2 Å². The molecule has 2 aromatic heterocycles. The van der Waals surface area contributed by atoms with Crippen LogP contribution in [0.1, 0.15) is 38.6 Å². The second kappa shape index (κ2) is 9.49. The SMILES string of the molecule is CC(C)(C)CC(=O)N1CCN(c2nc(Cc3ccccc3)nc3onc(-c4ccccc4)c23)CC1. The summed E-state index contributed by atoms with van der Waals surface area (Å²) in [6, 6.07) is 20.2. The number of piperazine rings is 1. The molecule has 1 amide bonds. The number of aromatic nitrogens is 3. The summed E-state index contributed by atoms with van der Waals surface area (Å²) in [4.78, 5) is 26.7. The van der Waals surface area contributed by atoms with E-state index in [0.29, 0.717) is 50.6 Å². The van der Waals surface area contributed by atoms with Gasteiger partial charge in [-0.3, -0.25) is 4.79 Å². The smallest absolute Gasteiger partial charge is 0.263 e. The highest BCUT2D eigenvalue weighted by Crippen LogP contribution is 2.34. The van der Waals surface area contributed by atoms with E-state index in [0.717, 1.165) is 28.0 Å². The highest BCUT2D eigenvalue weighted by Gasteiger charge is 2.28. The van der Waals surface area contributed by atoms with Gasteiger partial charge in [0.2, 0.25) is 5.91 Å². The van der Waals surface area contributed by atoms with E-state index in [-0.39, 0.29) is 11.3 Å². The quantitative estimate of drug-likeness (QED) is 0.411. The first-order valence-electron chi connectivity index (χ1n) is 12.2. The third-order valence-corrected chi connectivity index (χ3v) is 6.23. The molecule has 180 valence electrons. The van der Waals surface area contributed by atoms with Crippen LogP contribution in [0, 0.1) is 5.41 Å². The molecule has 0 atom stereocenters. The zero-order valence-corrected chi connectivity index (χ0v) is 20.6. The van der Waals surface area contributed by atoms with E-state index in [4.69, 9.17) is 14.5 Å². The molecule has 0 bridgehead atoms. The predicted octanol–water partition coefficient (Wildman–Crippen LogP) is 4.96. The Balaban J connectivity index is 1.49. The standard InChI is InChI=1S/C28H31N5O2/c1-28(2,3)19-23(34)32-14-16-33(17-15-32)26-24-25(21-12-8-5-9-13-21)31-35-27(24)30-22(29-26)18-20-10-6-4-7-11-20/h4-13H,14-19H2,1-3H3. The van der Waals surface area contributed by atoms with Crippen LogP contribution in [0.5, 0.6) is 0 Å². The maximum atomic E-state index is 12.8. The van der Waals surface area contributed by atoms with Crippen molar-refractivity contribution in [3.8, 4) is 11.3 Å². The van der Waals surface area contributed by atoms with Crippen LogP contribution in [0.25, 0.3) is 22.4 Å². The van der Waals surface area contributed by atoms with E-state index in [1.165, 1.54) is 0 Å². The zero-order chi connectivity index (χ0) is 24.4. The van der Waals surface area contributed by atoms with Gasteiger partial charge in [0, 0.05) is 44.6 Å². The van der Waals surface area contributed by atoms with Gasteiger partial charge in [-0.1, -0.05) is 86.6 Å². The van der Waals surface area contributed by atoms with Gasteiger partial charge in [-0.05, 0) is 11.0 Å². The number of hydrogen-bond donors (Lipinski definition) is 0. The number of amides is 1. The molecule has 3 heterocycles. The van der Waals surface area contributed by atoms with Crippen molar-refractivity contribution >= 4 is 22.8 Å². The third-order valence-electron chi connectivity index (χ3n) is 6.23. The fourth-order valence-corrected chi connectivity index (χ4v) is 4.49. The molecule has 0 unspecified atom stereocenters. The molecule has 2 aromatic carbocycles. The lowest BCUT2D eigenvalue weighted by molar-refractivity contribution is -0.133.